The van der Waals surface area contributed by atoms with Crippen LogP contribution < -0.4 is 11.5 Å². The summed E-state index contributed by atoms with van der Waals surface area (Å²) in [4.78, 5) is 8.58. The number of nitrogens with two attached hydrogens (primary N) is 2. The van der Waals surface area contributed by atoms with E-state index in [1.807, 2.05) is 27.7 Å². The average molecular weight is 192 g/mol. The molecular weight excluding hydrogens is 164 g/mol. The van der Waals surface area contributed by atoms with Crippen LogP contribution in [0.15, 0.2) is 0 Å². The van der Waals surface area contributed by atoms with E-state index in [2.05, 4.69) is 12.7 Å². The summed E-state index contributed by atoms with van der Waals surface area (Å²) in [5.41, 5.74) is 9.38. The molecule has 3 heteroatoms. The van der Waals surface area contributed by atoms with Crippen LogP contribution >= 0.6 is 0 Å². The fraction of sp³-hybridized carbons (Fsp3) is 0.900. The molecule has 0 aromatic carbocycles. The number of rotatable bonds is 3. The second-order valence-electron chi connectivity index (χ2n) is 1.63. The van der Waals surface area contributed by atoms with Gasteiger partial charge in [0.15, 0.2) is 0 Å². The van der Waals surface area contributed by atoms with E-state index >= 15 is 0 Å². The molecule has 0 atom stereocenters. The molecule has 0 aromatic heterocycles. The molecule has 0 aromatic rings. The Kier molecular flexibility index (Phi) is 111. The number of primary amides is 1. The Balaban J connectivity index is -0.0000000493. The Labute approximate surface area is 83.9 Å². The molecule has 13 heavy (non-hydrogen) atoms. The van der Waals surface area contributed by atoms with Crippen molar-refractivity contribution in [3.05, 3.63) is 0 Å². The molecule has 4 N–H and O–H groups in total. The van der Waals surface area contributed by atoms with Crippen LogP contribution in [0.25, 0.3) is 0 Å². The van der Waals surface area contributed by atoms with Crippen molar-refractivity contribution in [3.63, 3.8) is 0 Å². The van der Waals surface area contributed by atoms with Gasteiger partial charge in [0.25, 0.3) is 0 Å². The number of hydrogen-bond donors (Lipinski definition) is 2. The Morgan fingerprint density at radius 3 is 1.46 bits per heavy atom. The summed E-state index contributed by atoms with van der Waals surface area (Å²) in [6.07, 6.45) is 4.00. The maximum absolute atomic E-state index is 8.58. The van der Waals surface area contributed by atoms with Gasteiger partial charge in [0.1, 0.15) is 0 Å². The highest BCUT2D eigenvalue weighted by atomic mass is 16.1. The summed E-state index contributed by atoms with van der Waals surface area (Å²) in [6, 6.07) is 0. The van der Waals surface area contributed by atoms with Crippen LogP contribution in [0.5, 0.6) is 0 Å². The van der Waals surface area contributed by atoms with Gasteiger partial charge in [-0.05, 0) is 13.0 Å². The largest absolute Gasteiger partial charge is 0.372 e. The molecule has 0 radical (unpaired) electrons. The minimum absolute atomic E-state index is 0.250. The zero-order valence-corrected chi connectivity index (χ0v) is 9.97. The maximum atomic E-state index is 8.58. The number of unbranched alkanes of at least 4 members (excludes halogenated alkanes) is 2. The highest BCUT2D eigenvalue weighted by Gasteiger charge is 1.75. The molecule has 0 fully saturated rings. The minimum atomic E-state index is 0.250. The first-order valence-electron chi connectivity index (χ1n) is 5.18. The van der Waals surface area contributed by atoms with Crippen molar-refractivity contribution in [1.82, 2.24) is 0 Å². The zero-order valence-electron chi connectivity index (χ0n) is 9.97. The van der Waals surface area contributed by atoms with Crippen molar-refractivity contribution in [2.24, 2.45) is 11.5 Å². The van der Waals surface area contributed by atoms with Gasteiger partial charge < -0.3 is 11.5 Å². The van der Waals surface area contributed by atoms with Crippen molar-refractivity contribution in [1.29, 1.82) is 0 Å². The Bertz CT molecular complexity index is 46.2. The SMILES string of the molecule is CC.CC.CCCCCN.NC=O. The average Bonchev–Trinajstić information content (AvgIpc) is 2.22. The van der Waals surface area contributed by atoms with E-state index < -0.39 is 0 Å². The molecule has 0 aliphatic heterocycles. The van der Waals surface area contributed by atoms with Crippen LogP contribution in [0.1, 0.15) is 53.9 Å². The maximum Gasteiger partial charge on any atom is 0.204 e. The lowest BCUT2D eigenvalue weighted by Crippen LogP contribution is -1.96. The van der Waals surface area contributed by atoms with Gasteiger partial charge in [-0.2, -0.15) is 0 Å². The molecule has 0 spiro atoms. The van der Waals surface area contributed by atoms with E-state index in [0.29, 0.717) is 0 Å². The van der Waals surface area contributed by atoms with E-state index in [9.17, 15) is 0 Å². The van der Waals surface area contributed by atoms with Gasteiger partial charge in [0, 0.05) is 0 Å². The molecule has 0 saturated carbocycles. The van der Waals surface area contributed by atoms with Crippen molar-refractivity contribution in [2.75, 3.05) is 6.54 Å². The highest BCUT2D eigenvalue weighted by Crippen LogP contribution is 1.88. The molecule has 3 nitrogen and oxygen atoms in total. The molecule has 0 bridgehead atoms. The third-order valence-corrected chi connectivity index (χ3v) is 0.808. The summed E-state index contributed by atoms with van der Waals surface area (Å²) in [7, 11) is 0. The molecule has 1 amide bonds. The first-order chi connectivity index (χ1) is 6.33. The van der Waals surface area contributed by atoms with E-state index in [1.165, 1.54) is 19.3 Å². The third kappa shape index (κ3) is 172. The van der Waals surface area contributed by atoms with Crippen molar-refractivity contribution in [2.45, 2.75) is 53.9 Å². The van der Waals surface area contributed by atoms with Crippen molar-refractivity contribution in [3.8, 4) is 0 Å². The normalized spacial score (nSPS) is 6.00. The lowest BCUT2D eigenvalue weighted by atomic mass is 10.3. The Morgan fingerprint density at radius 1 is 1.08 bits per heavy atom. The molecule has 0 heterocycles. The third-order valence-electron chi connectivity index (χ3n) is 0.808. The van der Waals surface area contributed by atoms with Crippen molar-refractivity contribution >= 4 is 6.41 Å². The Hall–Kier alpha value is -0.570. The van der Waals surface area contributed by atoms with E-state index in [-0.39, 0.29) is 6.41 Å². The minimum Gasteiger partial charge on any atom is -0.372 e. The van der Waals surface area contributed by atoms with Gasteiger partial charge in [-0.25, -0.2) is 0 Å². The Morgan fingerprint density at radius 2 is 1.38 bits per heavy atom. The lowest BCUT2D eigenvalue weighted by molar-refractivity contribution is -0.106. The summed E-state index contributed by atoms with van der Waals surface area (Å²) in [5, 5.41) is 0. The van der Waals surface area contributed by atoms with Crippen LogP contribution in [0, 0.1) is 0 Å². The zero-order chi connectivity index (χ0) is 11.5. The van der Waals surface area contributed by atoms with Gasteiger partial charge in [0.2, 0.25) is 6.41 Å². The van der Waals surface area contributed by atoms with E-state index in [0.717, 1.165) is 6.54 Å². The molecular formula is C10H28N2O. The molecule has 0 unspecified atom stereocenters. The molecule has 0 aliphatic carbocycles. The van der Waals surface area contributed by atoms with Gasteiger partial charge in [-0.3, -0.25) is 4.79 Å². The first kappa shape index (κ1) is 22.9. The summed E-state index contributed by atoms with van der Waals surface area (Å²) in [5.74, 6) is 0. The first-order valence-corrected chi connectivity index (χ1v) is 5.18. The molecule has 0 rings (SSSR count). The predicted molar refractivity (Wildman–Crippen MR) is 61.5 cm³/mol. The van der Waals surface area contributed by atoms with Gasteiger partial charge >= 0.3 is 0 Å². The van der Waals surface area contributed by atoms with Gasteiger partial charge in [0.05, 0.1) is 0 Å². The molecule has 84 valence electrons. The highest BCUT2D eigenvalue weighted by molar-refractivity contribution is 5.42. The van der Waals surface area contributed by atoms with Crippen LogP contribution in [-0.4, -0.2) is 13.0 Å². The van der Waals surface area contributed by atoms with Crippen LogP contribution in [-0.2, 0) is 4.79 Å². The summed E-state index contributed by atoms with van der Waals surface area (Å²) < 4.78 is 0. The molecule has 0 saturated heterocycles. The second-order valence-corrected chi connectivity index (χ2v) is 1.63. The van der Waals surface area contributed by atoms with E-state index in [4.69, 9.17) is 10.5 Å². The van der Waals surface area contributed by atoms with Gasteiger partial charge in [-0.15, -0.1) is 0 Å². The number of amides is 1. The van der Waals surface area contributed by atoms with Crippen molar-refractivity contribution < 1.29 is 4.79 Å². The monoisotopic (exact) mass is 192 g/mol. The van der Waals surface area contributed by atoms with Gasteiger partial charge in [-0.1, -0.05) is 47.5 Å². The second kappa shape index (κ2) is 63.4. The quantitative estimate of drug-likeness (QED) is 0.532. The number of carbonyl (C=O) groups is 1. The van der Waals surface area contributed by atoms with Crippen LogP contribution in [0.2, 0.25) is 0 Å². The fourth-order valence-electron chi connectivity index (χ4n) is 0.394. The van der Waals surface area contributed by atoms with Crippen LogP contribution in [0.4, 0.5) is 0 Å². The van der Waals surface area contributed by atoms with Crippen LogP contribution in [0.3, 0.4) is 0 Å². The van der Waals surface area contributed by atoms with E-state index in [1.54, 1.807) is 0 Å². The number of carbonyl (C=O) groups excluding carboxylic acids is 1. The standard InChI is InChI=1S/C5H13N.2C2H6.CH3NO/c1-2-3-4-5-6;2*1-2;2-1-3/h2-6H2,1H3;2*1-2H3;1H,(H2,2,3). The summed E-state index contributed by atoms with van der Waals surface area (Å²) >= 11 is 0. The smallest absolute Gasteiger partial charge is 0.204 e. The lowest BCUT2D eigenvalue weighted by Gasteiger charge is -1.86. The summed E-state index contributed by atoms with van der Waals surface area (Å²) in [6.45, 7) is 11.0. The fourth-order valence-corrected chi connectivity index (χ4v) is 0.394. The number of hydrogen-bond acceptors (Lipinski definition) is 2. The molecule has 0 aliphatic rings. The topological polar surface area (TPSA) is 69.1 Å². The predicted octanol–water partition coefficient (Wildman–Crippen LogP) is 2.29.